The van der Waals surface area contributed by atoms with Crippen LogP contribution in [0.1, 0.15) is 22.3 Å². The standard InChI is InChI=1S/C13H18N4O4S2/c1-8-6-10(17-4-3-5-23(17,20)21)11(22(2)19)7-9(8)12(18)16-13(14)15/h6-7H,3-5H2,1-2H3,(H4,14,15,16,18). The van der Waals surface area contributed by atoms with Crippen LogP contribution >= 0.6 is 0 Å². The molecule has 0 radical (unpaired) electrons. The molecule has 1 atom stereocenters. The highest BCUT2D eigenvalue weighted by atomic mass is 32.2. The molecule has 1 aromatic rings. The lowest BCUT2D eigenvalue weighted by Gasteiger charge is -2.21. The Kier molecular flexibility index (Phi) is 4.76. The molecule has 1 aromatic carbocycles. The second-order valence-corrected chi connectivity index (χ2v) is 8.53. The van der Waals surface area contributed by atoms with Crippen molar-refractivity contribution in [1.29, 1.82) is 0 Å². The number of carbonyl (C=O) groups excluding carboxylic acids is 1. The Hall–Kier alpha value is -1.94. The topological polar surface area (TPSA) is 136 Å². The summed E-state index contributed by atoms with van der Waals surface area (Å²) in [5, 5.41) is 0. The van der Waals surface area contributed by atoms with E-state index in [2.05, 4.69) is 4.99 Å². The number of sulfonamides is 1. The minimum Gasteiger partial charge on any atom is -0.370 e. The number of nitrogens with two attached hydrogens (primary N) is 2. The molecule has 1 fully saturated rings. The molecule has 23 heavy (non-hydrogen) atoms. The molecule has 126 valence electrons. The maximum atomic E-state index is 12.1. The van der Waals surface area contributed by atoms with Gasteiger partial charge in [0, 0.05) is 18.4 Å². The smallest absolute Gasteiger partial charge is 0.280 e. The number of guanidine groups is 1. The normalized spacial score (nSPS) is 17.7. The highest BCUT2D eigenvalue weighted by Crippen LogP contribution is 2.32. The van der Waals surface area contributed by atoms with E-state index < -0.39 is 26.7 Å². The molecule has 10 heteroatoms. The Labute approximate surface area is 137 Å². The number of aryl methyl sites for hydroxylation is 1. The molecule has 0 saturated carbocycles. The molecule has 1 aliphatic heterocycles. The van der Waals surface area contributed by atoms with E-state index in [0.717, 1.165) is 0 Å². The first-order chi connectivity index (χ1) is 10.6. The number of benzene rings is 1. The van der Waals surface area contributed by atoms with Crippen molar-refractivity contribution in [2.75, 3.05) is 22.9 Å². The zero-order valence-corrected chi connectivity index (χ0v) is 14.4. The van der Waals surface area contributed by atoms with Crippen LogP contribution in [0.5, 0.6) is 0 Å². The fourth-order valence-electron chi connectivity index (χ4n) is 2.42. The second kappa shape index (κ2) is 6.28. The molecule has 1 unspecified atom stereocenters. The molecule has 1 saturated heterocycles. The van der Waals surface area contributed by atoms with Crippen LogP contribution in [-0.2, 0) is 20.8 Å². The molecule has 8 nitrogen and oxygen atoms in total. The summed E-state index contributed by atoms with van der Waals surface area (Å²) in [6, 6.07) is 2.93. The zero-order chi connectivity index (χ0) is 17.4. The van der Waals surface area contributed by atoms with Crippen molar-refractivity contribution in [2.45, 2.75) is 18.2 Å². The van der Waals surface area contributed by atoms with E-state index in [-0.39, 0.29) is 22.2 Å². The maximum absolute atomic E-state index is 12.1. The van der Waals surface area contributed by atoms with Crippen LogP contribution in [0.2, 0.25) is 0 Å². The van der Waals surface area contributed by atoms with Crippen molar-refractivity contribution in [3.63, 3.8) is 0 Å². The van der Waals surface area contributed by atoms with Crippen LogP contribution < -0.4 is 15.8 Å². The Morgan fingerprint density at radius 1 is 1.35 bits per heavy atom. The number of hydrogen-bond acceptors (Lipinski definition) is 4. The maximum Gasteiger partial charge on any atom is 0.280 e. The summed E-state index contributed by atoms with van der Waals surface area (Å²) in [6.45, 7) is 1.97. The van der Waals surface area contributed by atoms with E-state index in [1.54, 1.807) is 6.92 Å². The lowest BCUT2D eigenvalue weighted by atomic mass is 10.1. The number of rotatable bonds is 3. The third-order valence-corrected chi connectivity index (χ3v) is 6.25. The molecule has 0 aliphatic carbocycles. The summed E-state index contributed by atoms with van der Waals surface area (Å²) in [5.74, 6) is -0.985. The van der Waals surface area contributed by atoms with E-state index in [1.165, 1.54) is 22.7 Å². The lowest BCUT2D eigenvalue weighted by molar-refractivity contribution is 0.100. The van der Waals surface area contributed by atoms with Crippen LogP contribution in [-0.4, -0.2) is 43.0 Å². The molecule has 1 heterocycles. The molecule has 1 amide bonds. The predicted molar refractivity (Wildman–Crippen MR) is 89.4 cm³/mol. The summed E-state index contributed by atoms with van der Waals surface area (Å²) in [4.78, 5) is 15.8. The largest absolute Gasteiger partial charge is 0.370 e. The highest BCUT2D eigenvalue weighted by molar-refractivity contribution is 7.93. The van der Waals surface area contributed by atoms with Gasteiger partial charge in [0.05, 0.1) is 27.1 Å². The van der Waals surface area contributed by atoms with Crippen LogP contribution in [0.4, 0.5) is 5.69 Å². The van der Waals surface area contributed by atoms with E-state index in [4.69, 9.17) is 11.5 Å². The van der Waals surface area contributed by atoms with Gasteiger partial charge >= 0.3 is 0 Å². The Bertz CT molecular complexity index is 814. The number of carbonyl (C=O) groups is 1. The number of aliphatic imine (C=N–C) groups is 1. The summed E-state index contributed by atoms with van der Waals surface area (Å²) in [7, 11) is -4.91. The zero-order valence-electron chi connectivity index (χ0n) is 12.8. The van der Waals surface area contributed by atoms with E-state index in [0.29, 0.717) is 24.2 Å². The molecular weight excluding hydrogens is 340 g/mol. The van der Waals surface area contributed by atoms with Gasteiger partial charge in [-0.1, -0.05) is 0 Å². The third-order valence-electron chi connectivity index (χ3n) is 3.44. The van der Waals surface area contributed by atoms with Gasteiger partial charge in [0.25, 0.3) is 5.91 Å². The van der Waals surface area contributed by atoms with Gasteiger partial charge in [-0.2, -0.15) is 4.99 Å². The van der Waals surface area contributed by atoms with Crippen LogP contribution in [0.15, 0.2) is 22.0 Å². The molecule has 2 rings (SSSR count). The van der Waals surface area contributed by atoms with Crippen LogP contribution in [0.25, 0.3) is 0 Å². The van der Waals surface area contributed by atoms with Gasteiger partial charge < -0.3 is 11.5 Å². The third kappa shape index (κ3) is 3.53. The quantitative estimate of drug-likeness (QED) is 0.562. The van der Waals surface area contributed by atoms with Gasteiger partial charge in [0.15, 0.2) is 5.96 Å². The Morgan fingerprint density at radius 3 is 2.48 bits per heavy atom. The molecule has 0 spiro atoms. The van der Waals surface area contributed by atoms with Crippen LogP contribution in [0, 0.1) is 6.92 Å². The Morgan fingerprint density at radius 2 is 2.00 bits per heavy atom. The summed E-state index contributed by atoms with van der Waals surface area (Å²) in [5.41, 5.74) is 11.4. The van der Waals surface area contributed by atoms with E-state index in [1.807, 2.05) is 0 Å². The Balaban J connectivity index is 2.62. The van der Waals surface area contributed by atoms with Crippen molar-refractivity contribution < 1.29 is 17.4 Å². The monoisotopic (exact) mass is 358 g/mol. The van der Waals surface area contributed by atoms with Gasteiger partial charge in [-0.3, -0.25) is 13.3 Å². The van der Waals surface area contributed by atoms with Crippen molar-refractivity contribution in [3.05, 3.63) is 23.3 Å². The number of amides is 1. The SMILES string of the molecule is Cc1cc(N2CCCS2(=O)=O)c(S(C)=O)cc1C(=O)N=C(N)N. The van der Waals surface area contributed by atoms with Gasteiger partial charge in [-0.15, -0.1) is 0 Å². The molecular formula is C13H18N4O4S2. The minimum absolute atomic E-state index is 0.0521. The summed E-state index contributed by atoms with van der Waals surface area (Å²) < 4.78 is 37.5. The van der Waals surface area contributed by atoms with Crippen molar-refractivity contribution in [1.82, 2.24) is 0 Å². The lowest BCUT2D eigenvalue weighted by Crippen LogP contribution is -2.27. The number of anilines is 1. The molecule has 0 bridgehead atoms. The summed E-state index contributed by atoms with van der Waals surface area (Å²) >= 11 is 0. The van der Waals surface area contributed by atoms with E-state index in [9.17, 15) is 17.4 Å². The average Bonchev–Trinajstić information content (AvgIpc) is 2.76. The fraction of sp³-hybridized carbons (Fsp3) is 0.385. The predicted octanol–water partition coefficient (Wildman–Crippen LogP) is -0.314. The molecule has 0 aromatic heterocycles. The first kappa shape index (κ1) is 17.4. The summed E-state index contributed by atoms with van der Waals surface area (Å²) in [6.07, 6.45) is 1.93. The second-order valence-electron chi connectivity index (χ2n) is 5.17. The highest BCUT2D eigenvalue weighted by Gasteiger charge is 2.31. The van der Waals surface area contributed by atoms with Gasteiger partial charge in [0.2, 0.25) is 10.0 Å². The first-order valence-corrected chi connectivity index (χ1v) is 9.92. The molecule has 4 N–H and O–H groups in total. The number of hydrogen-bond donors (Lipinski definition) is 2. The number of nitrogens with zero attached hydrogens (tertiary/aromatic N) is 2. The van der Waals surface area contributed by atoms with Gasteiger partial charge in [0.1, 0.15) is 0 Å². The fourth-order valence-corrected chi connectivity index (χ4v) is 4.79. The molecule has 1 aliphatic rings. The van der Waals surface area contributed by atoms with Gasteiger partial charge in [-0.25, -0.2) is 8.42 Å². The first-order valence-electron chi connectivity index (χ1n) is 6.76. The minimum atomic E-state index is -3.42. The van der Waals surface area contributed by atoms with Crippen molar-refractivity contribution in [3.8, 4) is 0 Å². The van der Waals surface area contributed by atoms with E-state index >= 15 is 0 Å². The average molecular weight is 358 g/mol. The van der Waals surface area contributed by atoms with Crippen molar-refractivity contribution >= 4 is 38.4 Å². The van der Waals surface area contributed by atoms with Crippen molar-refractivity contribution in [2.24, 2.45) is 16.5 Å². The van der Waals surface area contributed by atoms with Gasteiger partial charge in [-0.05, 0) is 31.0 Å². The van der Waals surface area contributed by atoms with Crippen LogP contribution in [0.3, 0.4) is 0 Å².